The Morgan fingerprint density at radius 2 is 1.06 bits per heavy atom. The molecule has 0 amide bonds. The van der Waals surface area contributed by atoms with Gasteiger partial charge in [-0.3, -0.25) is 0 Å². The third-order valence-electron chi connectivity index (χ3n) is 3.18. The van der Waals surface area contributed by atoms with Gasteiger partial charge in [0.1, 0.15) is 0 Å². The number of anilines is 2. The summed E-state index contributed by atoms with van der Waals surface area (Å²) >= 11 is 0. The average Bonchev–Trinajstić information content (AvgIpc) is 2.37. The lowest BCUT2D eigenvalue weighted by Crippen LogP contribution is -1.93. The first-order chi connectivity index (χ1) is 8.62. The molecule has 18 heavy (non-hydrogen) atoms. The van der Waals surface area contributed by atoms with Gasteiger partial charge in [0.25, 0.3) is 0 Å². The van der Waals surface area contributed by atoms with Crippen molar-refractivity contribution in [3.8, 4) is 11.1 Å². The van der Waals surface area contributed by atoms with Crippen molar-refractivity contribution in [3.05, 3.63) is 47.5 Å². The molecule has 0 unspecified atom stereocenters. The second-order valence-electron chi connectivity index (χ2n) is 4.63. The van der Waals surface area contributed by atoms with Crippen LogP contribution in [0.15, 0.2) is 36.4 Å². The van der Waals surface area contributed by atoms with E-state index < -0.39 is 0 Å². The predicted molar refractivity (Wildman–Crippen MR) is 79.5 cm³/mol. The van der Waals surface area contributed by atoms with Gasteiger partial charge in [-0.15, -0.1) is 0 Å². The molecule has 2 nitrogen and oxygen atoms in total. The highest BCUT2D eigenvalue weighted by molar-refractivity contribution is 5.72. The van der Waals surface area contributed by atoms with E-state index in [9.17, 15) is 0 Å². The molecule has 0 aromatic heterocycles. The molecule has 94 valence electrons. The maximum Gasteiger partial charge on any atom is 0.0322 e. The van der Waals surface area contributed by atoms with Gasteiger partial charge in [-0.05, 0) is 59.4 Å². The molecule has 0 heterocycles. The van der Waals surface area contributed by atoms with Crippen molar-refractivity contribution in [1.82, 2.24) is 0 Å². The minimum atomic E-state index is 0.810. The van der Waals surface area contributed by atoms with E-state index in [4.69, 9.17) is 11.5 Å². The Hall–Kier alpha value is -1.96. The fraction of sp³-hybridized carbons (Fsp3) is 0.250. The topological polar surface area (TPSA) is 52.0 Å². The lowest BCUT2D eigenvalue weighted by atomic mass is 9.98. The van der Waals surface area contributed by atoms with E-state index >= 15 is 0 Å². The van der Waals surface area contributed by atoms with Gasteiger partial charge >= 0.3 is 0 Å². The number of aryl methyl sites for hydroxylation is 2. The van der Waals surface area contributed by atoms with Crippen LogP contribution >= 0.6 is 0 Å². The number of rotatable bonds is 3. The van der Waals surface area contributed by atoms with Crippen LogP contribution in [0.4, 0.5) is 11.4 Å². The summed E-state index contributed by atoms with van der Waals surface area (Å²) in [7, 11) is 0. The van der Waals surface area contributed by atoms with Gasteiger partial charge in [0.05, 0.1) is 0 Å². The minimum absolute atomic E-state index is 0.810. The van der Waals surface area contributed by atoms with Crippen LogP contribution in [0, 0.1) is 0 Å². The molecule has 2 rings (SSSR count). The van der Waals surface area contributed by atoms with E-state index in [1.165, 1.54) is 11.1 Å². The Balaban J connectivity index is 2.53. The molecule has 0 aliphatic carbocycles. The van der Waals surface area contributed by atoms with Crippen molar-refractivity contribution < 1.29 is 0 Å². The Labute approximate surface area is 109 Å². The first-order valence-corrected chi connectivity index (χ1v) is 6.41. The summed E-state index contributed by atoms with van der Waals surface area (Å²) in [6.45, 7) is 4.27. The Morgan fingerprint density at radius 3 is 1.39 bits per heavy atom. The first kappa shape index (κ1) is 12.5. The van der Waals surface area contributed by atoms with Gasteiger partial charge in [0, 0.05) is 11.4 Å². The molecule has 0 saturated carbocycles. The first-order valence-electron chi connectivity index (χ1n) is 6.41. The zero-order valence-electron chi connectivity index (χ0n) is 11.0. The molecule has 0 spiro atoms. The number of nitrogens with two attached hydrogens (primary N) is 2. The maximum absolute atomic E-state index is 5.95. The lowest BCUT2D eigenvalue weighted by molar-refractivity contribution is 1.14. The van der Waals surface area contributed by atoms with E-state index in [0.717, 1.165) is 35.3 Å². The Bertz CT molecular complexity index is 508. The summed E-state index contributed by atoms with van der Waals surface area (Å²) in [5, 5.41) is 0. The summed E-state index contributed by atoms with van der Waals surface area (Å²) in [5.74, 6) is 0. The van der Waals surface area contributed by atoms with E-state index in [1.54, 1.807) is 0 Å². The van der Waals surface area contributed by atoms with E-state index in [1.807, 2.05) is 24.3 Å². The molecular formula is C16H20N2. The van der Waals surface area contributed by atoms with E-state index in [-0.39, 0.29) is 0 Å². The highest BCUT2D eigenvalue weighted by Crippen LogP contribution is 2.27. The number of benzene rings is 2. The van der Waals surface area contributed by atoms with Crippen molar-refractivity contribution in [1.29, 1.82) is 0 Å². The fourth-order valence-corrected chi connectivity index (χ4v) is 2.18. The molecule has 4 N–H and O–H groups in total. The molecule has 0 saturated heterocycles. The van der Waals surface area contributed by atoms with Crippen molar-refractivity contribution in [2.75, 3.05) is 11.5 Å². The molecule has 2 aromatic carbocycles. The molecule has 0 radical (unpaired) electrons. The monoisotopic (exact) mass is 240 g/mol. The summed E-state index contributed by atoms with van der Waals surface area (Å²) in [6, 6.07) is 12.4. The van der Waals surface area contributed by atoms with Crippen molar-refractivity contribution in [2.45, 2.75) is 26.7 Å². The molecule has 0 aliphatic heterocycles. The highest BCUT2D eigenvalue weighted by Gasteiger charge is 2.03. The smallest absolute Gasteiger partial charge is 0.0322 e. The standard InChI is InChI=1S/C16H20N2/c1-3-11-5-13(9-15(17)7-11)14-6-12(4-2)8-16(18)10-14/h5-10H,3-4,17-18H2,1-2H3. The predicted octanol–water partition coefficient (Wildman–Crippen LogP) is 3.64. The Kier molecular flexibility index (Phi) is 3.56. The average molecular weight is 240 g/mol. The number of hydrogen-bond donors (Lipinski definition) is 2. The van der Waals surface area contributed by atoms with Crippen LogP contribution in [0.3, 0.4) is 0 Å². The molecule has 0 atom stereocenters. The summed E-state index contributed by atoms with van der Waals surface area (Å²) in [4.78, 5) is 0. The van der Waals surface area contributed by atoms with Gasteiger partial charge in [0.2, 0.25) is 0 Å². The fourth-order valence-electron chi connectivity index (χ4n) is 2.18. The normalized spacial score (nSPS) is 10.6. The van der Waals surface area contributed by atoms with Gasteiger partial charge in [-0.1, -0.05) is 26.0 Å². The number of hydrogen-bond acceptors (Lipinski definition) is 2. The highest BCUT2D eigenvalue weighted by atomic mass is 14.6. The van der Waals surface area contributed by atoms with Crippen LogP contribution in [0.25, 0.3) is 11.1 Å². The van der Waals surface area contributed by atoms with Gasteiger partial charge in [0.15, 0.2) is 0 Å². The molecule has 0 aliphatic rings. The summed E-state index contributed by atoms with van der Waals surface area (Å²) in [5.41, 5.74) is 18.3. The SMILES string of the molecule is CCc1cc(N)cc(-c2cc(N)cc(CC)c2)c1. The summed E-state index contributed by atoms with van der Waals surface area (Å²) < 4.78 is 0. The van der Waals surface area contributed by atoms with Crippen LogP contribution in [0.5, 0.6) is 0 Å². The Morgan fingerprint density at radius 1 is 0.667 bits per heavy atom. The van der Waals surface area contributed by atoms with Crippen LogP contribution in [0.1, 0.15) is 25.0 Å². The van der Waals surface area contributed by atoms with E-state index in [0.29, 0.717) is 0 Å². The third-order valence-corrected chi connectivity index (χ3v) is 3.18. The largest absolute Gasteiger partial charge is 0.399 e. The number of nitrogen functional groups attached to an aromatic ring is 2. The molecule has 0 bridgehead atoms. The second kappa shape index (κ2) is 5.13. The van der Waals surface area contributed by atoms with Crippen LogP contribution in [0.2, 0.25) is 0 Å². The summed E-state index contributed by atoms with van der Waals surface area (Å²) in [6.07, 6.45) is 1.97. The molecule has 0 fully saturated rings. The van der Waals surface area contributed by atoms with Gasteiger partial charge in [-0.2, -0.15) is 0 Å². The van der Waals surface area contributed by atoms with Crippen molar-refractivity contribution >= 4 is 11.4 Å². The zero-order chi connectivity index (χ0) is 13.1. The van der Waals surface area contributed by atoms with E-state index in [2.05, 4.69) is 26.0 Å². The van der Waals surface area contributed by atoms with Gasteiger partial charge in [-0.25, -0.2) is 0 Å². The van der Waals surface area contributed by atoms with Crippen molar-refractivity contribution in [3.63, 3.8) is 0 Å². The zero-order valence-corrected chi connectivity index (χ0v) is 11.0. The second-order valence-corrected chi connectivity index (χ2v) is 4.63. The molecular weight excluding hydrogens is 220 g/mol. The molecule has 2 aromatic rings. The van der Waals surface area contributed by atoms with Crippen molar-refractivity contribution in [2.24, 2.45) is 0 Å². The van der Waals surface area contributed by atoms with Crippen LogP contribution in [-0.4, -0.2) is 0 Å². The lowest BCUT2D eigenvalue weighted by Gasteiger charge is -2.09. The minimum Gasteiger partial charge on any atom is -0.399 e. The van der Waals surface area contributed by atoms with Crippen LogP contribution < -0.4 is 11.5 Å². The third kappa shape index (κ3) is 2.65. The quantitative estimate of drug-likeness (QED) is 0.805. The molecule has 2 heteroatoms. The van der Waals surface area contributed by atoms with Crippen LogP contribution in [-0.2, 0) is 12.8 Å². The maximum atomic E-state index is 5.95. The van der Waals surface area contributed by atoms with Gasteiger partial charge < -0.3 is 11.5 Å².